The Kier molecular flexibility index (Phi) is 5.02. The molecule has 0 aliphatic carbocycles. The first-order valence-electron chi connectivity index (χ1n) is 6.92. The van der Waals surface area contributed by atoms with Crippen LogP contribution in [0.4, 0.5) is 0 Å². The lowest BCUT2D eigenvalue weighted by molar-refractivity contribution is -0.117. The summed E-state index contributed by atoms with van der Waals surface area (Å²) in [7, 11) is 1.61. The normalized spacial score (nSPS) is 10.7. The molecule has 0 saturated heterocycles. The van der Waals surface area contributed by atoms with E-state index in [-0.39, 0.29) is 12.2 Å². The van der Waals surface area contributed by atoms with Gasteiger partial charge in [-0.05, 0) is 19.9 Å². The van der Waals surface area contributed by atoms with E-state index < -0.39 is 0 Å². The van der Waals surface area contributed by atoms with Crippen LogP contribution in [0.25, 0.3) is 0 Å². The first-order valence-corrected chi connectivity index (χ1v) is 7.30. The summed E-state index contributed by atoms with van der Waals surface area (Å²) in [4.78, 5) is 12.3. The molecule has 0 amide bonds. The number of hydrogen-bond acceptors (Lipinski definition) is 3. The Morgan fingerprint density at radius 3 is 2.71 bits per heavy atom. The Bertz CT molecular complexity index is 650. The third kappa shape index (κ3) is 3.45. The third-order valence-electron chi connectivity index (χ3n) is 3.40. The first kappa shape index (κ1) is 15.6. The lowest BCUT2D eigenvalue weighted by Crippen LogP contribution is -2.12. The van der Waals surface area contributed by atoms with Gasteiger partial charge >= 0.3 is 0 Å². The van der Waals surface area contributed by atoms with E-state index in [1.807, 2.05) is 38.1 Å². The van der Waals surface area contributed by atoms with Crippen molar-refractivity contribution in [3.63, 3.8) is 0 Å². The minimum Gasteiger partial charge on any atom is -0.496 e. The van der Waals surface area contributed by atoms with Crippen LogP contribution in [0.3, 0.4) is 0 Å². The molecule has 1 aromatic carbocycles. The fraction of sp³-hybridized carbons (Fsp3) is 0.375. The summed E-state index contributed by atoms with van der Waals surface area (Å²) in [5.74, 6) is 0.827. The molecule has 112 valence electrons. The minimum atomic E-state index is 0.0935. The summed E-state index contributed by atoms with van der Waals surface area (Å²) in [5, 5.41) is 4.92. The number of nitrogens with zero attached hydrogens (tertiary/aromatic N) is 2. The van der Waals surface area contributed by atoms with E-state index in [4.69, 9.17) is 16.3 Å². The number of carbonyl (C=O) groups is 1. The van der Waals surface area contributed by atoms with E-state index in [0.717, 1.165) is 22.7 Å². The lowest BCUT2D eigenvalue weighted by atomic mass is 10.0. The molecule has 0 atom stereocenters. The number of benzene rings is 1. The van der Waals surface area contributed by atoms with Gasteiger partial charge in [-0.25, -0.2) is 0 Å². The van der Waals surface area contributed by atoms with Crippen molar-refractivity contribution in [2.24, 2.45) is 0 Å². The average molecular weight is 307 g/mol. The Balaban J connectivity index is 2.16. The Hall–Kier alpha value is -1.81. The molecule has 0 spiro atoms. The van der Waals surface area contributed by atoms with Crippen LogP contribution in [-0.4, -0.2) is 22.7 Å². The van der Waals surface area contributed by atoms with Crippen molar-refractivity contribution in [1.82, 2.24) is 9.78 Å². The van der Waals surface area contributed by atoms with Gasteiger partial charge in [0.2, 0.25) is 0 Å². The molecule has 0 radical (unpaired) electrons. The van der Waals surface area contributed by atoms with Gasteiger partial charge in [0.05, 0.1) is 29.9 Å². The van der Waals surface area contributed by atoms with Crippen molar-refractivity contribution in [2.45, 2.75) is 33.2 Å². The van der Waals surface area contributed by atoms with Gasteiger partial charge in [0.1, 0.15) is 11.5 Å². The van der Waals surface area contributed by atoms with Crippen LogP contribution in [-0.2, 0) is 24.2 Å². The van der Waals surface area contributed by atoms with E-state index in [2.05, 4.69) is 5.10 Å². The predicted molar refractivity (Wildman–Crippen MR) is 83.1 cm³/mol. The lowest BCUT2D eigenvalue weighted by Gasteiger charge is -2.08. The molecule has 4 nitrogen and oxygen atoms in total. The van der Waals surface area contributed by atoms with Crippen LogP contribution >= 0.6 is 11.6 Å². The fourth-order valence-corrected chi connectivity index (χ4v) is 2.55. The van der Waals surface area contributed by atoms with E-state index in [1.165, 1.54) is 0 Å². The molecule has 1 aromatic heterocycles. The zero-order valence-electron chi connectivity index (χ0n) is 12.5. The van der Waals surface area contributed by atoms with Crippen molar-refractivity contribution in [3.05, 3.63) is 46.2 Å². The minimum absolute atomic E-state index is 0.0935. The SMILES string of the molecule is CCn1nc(C)c(Cl)c1CC(=O)Cc1ccccc1OC. The van der Waals surface area contributed by atoms with Gasteiger partial charge < -0.3 is 4.74 Å². The maximum absolute atomic E-state index is 12.3. The highest BCUT2D eigenvalue weighted by Crippen LogP contribution is 2.23. The largest absolute Gasteiger partial charge is 0.496 e. The molecule has 0 aliphatic heterocycles. The maximum atomic E-state index is 12.3. The van der Waals surface area contributed by atoms with Crippen LogP contribution < -0.4 is 4.74 Å². The summed E-state index contributed by atoms with van der Waals surface area (Å²) in [6, 6.07) is 7.55. The van der Waals surface area contributed by atoms with E-state index in [9.17, 15) is 4.79 Å². The molecule has 5 heteroatoms. The molecule has 0 unspecified atom stereocenters. The second kappa shape index (κ2) is 6.76. The van der Waals surface area contributed by atoms with Gasteiger partial charge in [-0.15, -0.1) is 0 Å². The zero-order valence-corrected chi connectivity index (χ0v) is 13.3. The van der Waals surface area contributed by atoms with Gasteiger partial charge in [0.15, 0.2) is 0 Å². The maximum Gasteiger partial charge on any atom is 0.143 e. The summed E-state index contributed by atoms with van der Waals surface area (Å²) in [5.41, 5.74) is 2.44. The standard InChI is InChI=1S/C16H19ClN2O2/c1-4-19-14(16(17)11(2)18-19)10-13(20)9-12-7-5-6-8-15(12)21-3/h5-8H,4,9-10H2,1-3H3. The molecule has 0 bridgehead atoms. The summed E-state index contributed by atoms with van der Waals surface area (Å²) in [6.45, 7) is 4.53. The number of hydrogen-bond donors (Lipinski definition) is 0. The first-order chi connectivity index (χ1) is 10.1. The van der Waals surface area contributed by atoms with Crippen molar-refractivity contribution in [3.8, 4) is 5.75 Å². The van der Waals surface area contributed by atoms with Crippen molar-refractivity contribution >= 4 is 17.4 Å². The molecule has 0 fully saturated rings. The highest BCUT2D eigenvalue weighted by atomic mass is 35.5. The van der Waals surface area contributed by atoms with Crippen molar-refractivity contribution in [2.75, 3.05) is 7.11 Å². The van der Waals surface area contributed by atoms with Crippen LogP contribution in [0, 0.1) is 6.92 Å². The highest BCUT2D eigenvalue weighted by molar-refractivity contribution is 6.32. The molecule has 1 heterocycles. The number of Topliss-reactive ketones (excluding diaryl/α,β-unsaturated/α-hetero) is 1. The quantitative estimate of drug-likeness (QED) is 0.823. The molecule has 0 N–H and O–H groups in total. The van der Waals surface area contributed by atoms with Crippen molar-refractivity contribution < 1.29 is 9.53 Å². The number of rotatable bonds is 6. The molecule has 0 saturated carbocycles. The van der Waals surface area contributed by atoms with Crippen LogP contribution in [0.15, 0.2) is 24.3 Å². The van der Waals surface area contributed by atoms with Crippen molar-refractivity contribution in [1.29, 1.82) is 0 Å². The molecule has 21 heavy (non-hydrogen) atoms. The Labute approximate surface area is 129 Å². The fourth-order valence-electron chi connectivity index (χ4n) is 2.35. The van der Waals surface area contributed by atoms with Crippen LogP contribution in [0.2, 0.25) is 5.02 Å². The number of halogens is 1. The van der Waals surface area contributed by atoms with Gasteiger partial charge in [-0.3, -0.25) is 9.48 Å². The van der Waals surface area contributed by atoms with Gasteiger partial charge in [0.25, 0.3) is 0 Å². The number of ether oxygens (including phenoxy) is 1. The second-order valence-corrected chi connectivity index (χ2v) is 5.24. The van der Waals surface area contributed by atoms with E-state index in [1.54, 1.807) is 11.8 Å². The molecular weight excluding hydrogens is 288 g/mol. The monoisotopic (exact) mass is 306 g/mol. The van der Waals surface area contributed by atoms with E-state index in [0.29, 0.717) is 18.0 Å². The summed E-state index contributed by atoms with van der Waals surface area (Å²) >= 11 is 6.24. The number of aryl methyl sites for hydroxylation is 2. The molecular formula is C16H19ClN2O2. The predicted octanol–water partition coefficient (Wildman–Crippen LogP) is 3.23. The number of aromatic nitrogens is 2. The Morgan fingerprint density at radius 1 is 1.33 bits per heavy atom. The van der Waals surface area contributed by atoms with Gasteiger partial charge in [-0.2, -0.15) is 5.10 Å². The molecule has 2 aromatic rings. The molecule has 2 rings (SSSR count). The number of carbonyl (C=O) groups excluding carboxylic acids is 1. The second-order valence-electron chi connectivity index (χ2n) is 4.87. The smallest absolute Gasteiger partial charge is 0.143 e. The van der Waals surface area contributed by atoms with E-state index >= 15 is 0 Å². The molecule has 0 aliphatic rings. The number of methoxy groups -OCH3 is 1. The summed E-state index contributed by atoms with van der Waals surface area (Å²) < 4.78 is 7.06. The van der Waals surface area contributed by atoms with Gasteiger partial charge in [-0.1, -0.05) is 29.8 Å². The van der Waals surface area contributed by atoms with Crippen LogP contribution in [0.1, 0.15) is 23.9 Å². The number of ketones is 1. The number of para-hydroxylation sites is 1. The third-order valence-corrected chi connectivity index (χ3v) is 3.89. The highest BCUT2D eigenvalue weighted by Gasteiger charge is 2.17. The average Bonchev–Trinajstić information content (AvgIpc) is 2.75. The zero-order chi connectivity index (χ0) is 15.4. The van der Waals surface area contributed by atoms with Gasteiger partial charge in [0, 0.05) is 18.5 Å². The summed E-state index contributed by atoms with van der Waals surface area (Å²) in [6.07, 6.45) is 0.611. The van der Waals surface area contributed by atoms with Crippen LogP contribution in [0.5, 0.6) is 5.75 Å². The topological polar surface area (TPSA) is 44.1 Å². The Morgan fingerprint density at radius 2 is 2.05 bits per heavy atom.